The van der Waals surface area contributed by atoms with Gasteiger partial charge in [-0.15, -0.1) is 0 Å². The Hall–Kier alpha value is -2.39. The van der Waals surface area contributed by atoms with Crippen LogP contribution in [0.5, 0.6) is 0 Å². The van der Waals surface area contributed by atoms with Gasteiger partial charge in [-0.05, 0) is 0 Å². The van der Waals surface area contributed by atoms with Crippen LogP contribution in [0.25, 0.3) is 5.76 Å². The molecule has 0 unspecified atom stereocenters. The maximum atomic E-state index is 12.8. The number of alkyl halides is 6. The van der Waals surface area contributed by atoms with Gasteiger partial charge in [0.25, 0.3) is 0 Å². The van der Waals surface area contributed by atoms with E-state index in [9.17, 15) is 31.1 Å². The Morgan fingerprint density at radius 1 is 0.926 bits per heavy atom. The van der Waals surface area contributed by atoms with Gasteiger partial charge in [-0.1, -0.05) is 0 Å². The van der Waals surface area contributed by atoms with Crippen LogP contribution in [0.3, 0.4) is 0 Å². The molecule has 11 heteroatoms. The van der Waals surface area contributed by atoms with Crippen LogP contribution in [0.2, 0.25) is 0 Å². The summed E-state index contributed by atoms with van der Waals surface area (Å²) in [5.74, 6) is -1.32. The fourth-order valence-electron chi connectivity index (χ4n) is 2.07. The zero-order chi connectivity index (χ0) is 20.4. The number of rotatable bonds is 4. The number of hydrogen-bond acceptors (Lipinski definition) is 4. The van der Waals surface area contributed by atoms with E-state index in [2.05, 4.69) is 30.1 Å². The van der Waals surface area contributed by atoms with Gasteiger partial charge in [0, 0.05) is 0 Å². The molecule has 2 heterocycles. The Morgan fingerprint density at radius 2 is 1.37 bits per heavy atom. The number of carbonyl (C=O) groups is 1. The van der Waals surface area contributed by atoms with Crippen molar-refractivity contribution in [3.8, 4) is 0 Å². The van der Waals surface area contributed by atoms with Gasteiger partial charge in [-0.2, -0.15) is 0 Å². The number of carbonyl (C=O) groups excluding carboxylic acids is 1. The topological polar surface area (TPSA) is 52.1 Å². The summed E-state index contributed by atoms with van der Waals surface area (Å²) in [6.07, 6.45) is -7.87. The molecule has 2 rings (SSSR count). The summed E-state index contributed by atoms with van der Waals surface area (Å²) in [7, 11) is 0. The van der Waals surface area contributed by atoms with E-state index in [-0.39, 0.29) is 16.7 Å². The van der Waals surface area contributed by atoms with Crippen LogP contribution in [0.1, 0.15) is 34.2 Å². The second-order valence-corrected chi connectivity index (χ2v) is 5.39. The molecule has 0 saturated carbocycles. The standard InChI is InChI=1S/C16H10F6N2O2.Cu/c1-8(13(25)9-2-4-23-11(6-9)15(17,18)19)14(26)10-3-5-24-12(7-10)16(20,21)22;/h2-7,25H,1H3;/q;+1/p-1/b13-8-;. The molecule has 0 aliphatic rings. The third-order valence-electron chi connectivity index (χ3n) is 3.37. The molecule has 0 amide bonds. The van der Waals surface area contributed by atoms with Crippen molar-refractivity contribution in [3.63, 3.8) is 0 Å². The maximum absolute atomic E-state index is 12.8. The number of aromatic nitrogens is 2. The summed E-state index contributed by atoms with van der Waals surface area (Å²) in [6, 6.07) is 3.30. The Balaban J connectivity index is 2.50. The minimum atomic E-state index is -4.77. The van der Waals surface area contributed by atoms with E-state index in [4.69, 9.17) is 0 Å². The molecule has 0 saturated heterocycles. The Labute approximate surface area is 157 Å². The molecule has 0 bridgehead atoms. The predicted octanol–water partition coefficient (Wildman–Crippen LogP) is 4.61. The van der Waals surface area contributed by atoms with Gasteiger partial charge < -0.3 is 0 Å². The molecule has 0 radical (unpaired) electrons. The van der Waals surface area contributed by atoms with Crippen LogP contribution in [0.4, 0.5) is 26.3 Å². The van der Waals surface area contributed by atoms with Gasteiger partial charge in [0.05, 0.1) is 0 Å². The summed E-state index contributed by atoms with van der Waals surface area (Å²) in [6.45, 7) is 1.17. The molecular formula is C16H9CuF6N2O2. The van der Waals surface area contributed by atoms with Crippen LogP contribution < -0.4 is 0 Å². The average molecular weight is 439 g/mol. The molecule has 0 aliphatic heterocycles. The van der Waals surface area contributed by atoms with Crippen LogP contribution in [-0.4, -0.2) is 15.8 Å². The predicted molar refractivity (Wildman–Crippen MR) is 76.5 cm³/mol. The fraction of sp³-hybridized carbons (Fsp3) is 0.188. The molecule has 0 spiro atoms. The number of halogens is 6. The SMILES string of the molecule is C/C(C(=O)c1ccnc(C(F)(F)F)c1)=C(/[O][Cu])c1ccnc(C(F)(F)F)c1. The fourth-order valence-corrected chi connectivity index (χ4v) is 2.33. The van der Waals surface area contributed by atoms with Gasteiger partial charge in [0.1, 0.15) is 0 Å². The third kappa shape index (κ3) is 4.86. The number of nitrogens with zero attached hydrogens (tertiary/aromatic N) is 2. The number of pyridine rings is 2. The number of Topliss-reactive ketones (excluding diaryl/α,β-unsaturated/α-hetero) is 1. The van der Waals surface area contributed by atoms with Crippen molar-refractivity contribution in [1.82, 2.24) is 9.97 Å². The summed E-state index contributed by atoms with van der Waals surface area (Å²) >= 11 is 4.58. The first-order valence-electron chi connectivity index (χ1n) is 7.03. The summed E-state index contributed by atoms with van der Waals surface area (Å²) in [5.41, 5.74) is -3.38. The first-order chi connectivity index (χ1) is 12.4. The van der Waals surface area contributed by atoms with E-state index in [1.807, 2.05) is 0 Å². The van der Waals surface area contributed by atoms with Gasteiger partial charge in [0.15, 0.2) is 0 Å². The van der Waals surface area contributed by atoms with Crippen molar-refractivity contribution in [1.29, 1.82) is 0 Å². The molecule has 0 atom stereocenters. The molecule has 148 valence electrons. The Kier molecular flexibility index (Phi) is 5.96. The van der Waals surface area contributed by atoms with Crippen molar-refractivity contribution >= 4 is 11.5 Å². The normalized spacial score (nSPS) is 13.2. The van der Waals surface area contributed by atoms with Crippen molar-refractivity contribution in [2.45, 2.75) is 19.3 Å². The van der Waals surface area contributed by atoms with Crippen molar-refractivity contribution in [3.05, 3.63) is 64.7 Å². The van der Waals surface area contributed by atoms with Crippen LogP contribution in [0, 0.1) is 0 Å². The Morgan fingerprint density at radius 3 is 1.81 bits per heavy atom. The second-order valence-electron chi connectivity index (χ2n) is 5.20. The monoisotopic (exact) mass is 438 g/mol. The molecule has 0 aliphatic carbocycles. The van der Waals surface area contributed by atoms with Crippen LogP contribution in [0.15, 0.2) is 42.2 Å². The summed E-state index contributed by atoms with van der Waals surface area (Å²) in [5, 5.41) is 0. The van der Waals surface area contributed by atoms with E-state index in [0.29, 0.717) is 12.1 Å². The zero-order valence-electron chi connectivity index (χ0n) is 13.2. The molecule has 2 aromatic rings. The van der Waals surface area contributed by atoms with Gasteiger partial charge >= 0.3 is 157 Å². The van der Waals surface area contributed by atoms with E-state index < -0.39 is 35.3 Å². The summed E-state index contributed by atoms with van der Waals surface area (Å²) in [4.78, 5) is 18.8. The van der Waals surface area contributed by atoms with E-state index >= 15 is 0 Å². The molecular weight excluding hydrogens is 430 g/mol. The first-order valence-corrected chi connectivity index (χ1v) is 7.41. The minimum absolute atomic E-state index is 0.197. The van der Waals surface area contributed by atoms with Gasteiger partial charge in [-0.25, -0.2) is 0 Å². The van der Waals surface area contributed by atoms with E-state index in [1.54, 1.807) is 0 Å². The quantitative estimate of drug-likeness (QED) is 0.230. The van der Waals surface area contributed by atoms with Crippen molar-refractivity contribution in [2.24, 2.45) is 0 Å². The van der Waals surface area contributed by atoms with Gasteiger partial charge in [0.2, 0.25) is 0 Å². The van der Waals surface area contributed by atoms with Gasteiger partial charge in [-0.3, -0.25) is 0 Å². The molecule has 4 nitrogen and oxygen atoms in total. The zero-order valence-corrected chi connectivity index (χ0v) is 14.2. The molecule has 27 heavy (non-hydrogen) atoms. The average Bonchev–Trinajstić information content (AvgIpc) is 2.60. The molecule has 0 fully saturated rings. The molecule has 0 aromatic carbocycles. The Bertz CT molecular complexity index is 893. The number of ketones is 1. The van der Waals surface area contributed by atoms with E-state index in [1.165, 1.54) is 6.92 Å². The number of hydrogen-bond donors (Lipinski definition) is 0. The van der Waals surface area contributed by atoms with E-state index in [0.717, 1.165) is 24.5 Å². The second kappa shape index (κ2) is 7.69. The third-order valence-corrected chi connectivity index (χ3v) is 3.56. The number of allylic oxidation sites excluding steroid dienone is 1. The van der Waals surface area contributed by atoms with Crippen LogP contribution in [-0.2, 0) is 32.5 Å². The molecule has 2 aromatic heterocycles. The molecule has 0 N–H and O–H groups in total. The van der Waals surface area contributed by atoms with Crippen LogP contribution >= 0.6 is 0 Å². The summed E-state index contributed by atoms with van der Waals surface area (Å²) < 4.78 is 81.2. The van der Waals surface area contributed by atoms with Crippen molar-refractivity contribution in [2.75, 3.05) is 0 Å². The van der Waals surface area contributed by atoms with Crippen molar-refractivity contribution < 1.29 is 51.3 Å². The first kappa shape index (κ1) is 20.9.